The molecule has 2 aliphatic heterocycles. The van der Waals surface area contributed by atoms with Crippen molar-refractivity contribution in [2.45, 2.75) is 19.3 Å². The minimum Gasteiger partial charge on any atom is -0.336 e. The Morgan fingerprint density at radius 3 is 2.06 bits per heavy atom. The molecule has 0 unspecified atom stereocenters. The van der Waals surface area contributed by atoms with Crippen LogP contribution in [0.25, 0.3) is 0 Å². The maximum Gasteiger partial charge on any atom is 0.257 e. The number of likely N-dealkylation sites (tertiary alicyclic amines) is 1. The smallest absolute Gasteiger partial charge is 0.257 e. The van der Waals surface area contributed by atoms with Gasteiger partial charge >= 0.3 is 0 Å². The molecule has 0 aliphatic carbocycles. The second-order valence-electron chi connectivity index (χ2n) is 5.19. The van der Waals surface area contributed by atoms with Crippen molar-refractivity contribution in [3.63, 3.8) is 0 Å². The molecule has 0 aromatic rings. The first-order chi connectivity index (χ1) is 8.79. The van der Waals surface area contributed by atoms with E-state index in [1.807, 2.05) is 4.90 Å². The van der Waals surface area contributed by atoms with Gasteiger partial charge in [0.15, 0.2) is 0 Å². The van der Waals surface area contributed by atoms with Crippen molar-refractivity contribution in [2.24, 2.45) is 0 Å². The summed E-state index contributed by atoms with van der Waals surface area (Å²) in [5.74, 6) is 0.00159. The van der Waals surface area contributed by atoms with Gasteiger partial charge in [0.05, 0.1) is 5.37 Å². The second kappa shape index (κ2) is 7.16. The largest absolute Gasteiger partial charge is 0.336 e. The number of carbonyl (C=O) groups is 1. The van der Waals surface area contributed by atoms with Crippen LogP contribution in [0.1, 0.15) is 19.3 Å². The molecule has 0 spiro atoms. The van der Waals surface area contributed by atoms with E-state index in [0.717, 1.165) is 32.7 Å². The van der Waals surface area contributed by atoms with Crippen LogP contribution in [0, 0.1) is 0 Å². The van der Waals surface area contributed by atoms with Crippen LogP contribution in [-0.2, 0) is 4.79 Å². The summed E-state index contributed by atoms with van der Waals surface area (Å²) in [7, 11) is 0. The molecule has 1 amide bonds. The quantitative estimate of drug-likeness (QED) is 0.684. The van der Waals surface area contributed by atoms with Crippen molar-refractivity contribution < 1.29 is 4.79 Å². The van der Waals surface area contributed by atoms with Gasteiger partial charge in [-0.2, -0.15) is 0 Å². The Kier molecular flexibility index (Phi) is 5.53. The number of carbonyl (C=O) groups excluding carboxylic acids is 1. The summed E-state index contributed by atoms with van der Waals surface area (Å²) in [6.07, 6.45) is 4.00. The fourth-order valence-electron chi connectivity index (χ4n) is 2.79. The van der Waals surface area contributed by atoms with Crippen molar-refractivity contribution in [3.05, 3.63) is 0 Å². The standard InChI is InChI=1S/C13H23N3OS/c17-13(12-18)16-10-8-15(9-11-16)7-3-6-14-4-1-2-5-14/h12H,1-11H2. The first-order valence-corrected chi connectivity index (χ1v) is 7.45. The first-order valence-electron chi connectivity index (χ1n) is 6.98. The summed E-state index contributed by atoms with van der Waals surface area (Å²) in [5, 5.41) is 1.25. The third-order valence-electron chi connectivity index (χ3n) is 3.93. The summed E-state index contributed by atoms with van der Waals surface area (Å²) >= 11 is 4.68. The molecule has 18 heavy (non-hydrogen) atoms. The van der Waals surface area contributed by atoms with E-state index in [1.165, 1.54) is 44.3 Å². The van der Waals surface area contributed by atoms with Gasteiger partial charge in [0, 0.05) is 26.2 Å². The number of hydrogen-bond acceptors (Lipinski definition) is 4. The lowest BCUT2D eigenvalue weighted by Gasteiger charge is -2.34. The number of nitrogens with zero attached hydrogens (tertiary/aromatic N) is 3. The summed E-state index contributed by atoms with van der Waals surface area (Å²) in [6.45, 7) is 8.62. The maximum atomic E-state index is 11.4. The van der Waals surface area contributed by atoms with Gasteiger partial charge in [-0.05, 0) is 45.4 Å². The van der Waals surface area contributed by atoms with Gasteiger partial charge in [-0.15, -0.1) is 0 Å². The molecule has 2 aliphatic rings. The van der Waals surface area contributed by atoms with Crippen molar-refractivity contribution in [1.29, 1.82) is 0 Å². The van der Waals surface area contributed by atoms with Gasteiger partial charge in [-0.1, -0.05) is 12.2 Å². The van der Waals surface area contributed by atoms with E-state index in [-0.39, 0.29) is 5.91 Å². The molecule has 0 saturated carbocycles. The lowest BCUT2D eigenvalue weighted by Crippen LogP contribution is -2.49. The van der Waals surface area contributed by atoms with Crippen LogP contribution in [0.2, 0.25) is 0 Å². The molecule has 0 aromatic carbocycles. The van der Waals surface area contributed by atoms with Crippen LogP contribution in [0.15, 0.2) is 0 Å². The lowest BCUT2D eigenvalue weighted by atomic mass is 10.3. The van der Waals surface area contributed by atoms with Crippen molar-refractivity contribution in [2.75, 3.05) is 52.4 Å². The van der Waals surface area contributed by atoms with Gasteiger partial charge < -0.3 is 9.80 Å². The molecule has 102 valence electrons. The van der Waals surface area contributed by atoms with Gasteiger partial charge in [-0.25, -0.2) is 0 Å². The topological polar surface area (TPSA) is 26.8 Å². The predicted molar refractivity (Wildman–Crippen MR) is 77.0 cm³/mol. The molecular weight excluding hydrogens is 246 g/mol. The molecule has 0 bridgehead atoms. The molecular formula is C13H23N3OS. The van der Waals surface area contributed by atoms with Gasteiger partial charge in [0.2, 0.25) is 0 Å². The zero-order valence-electron chi connectivity index (χ0n) is 11.0. The van der Waals surface area contributed by atoms with E-state index < -0.39 is 0 Å². The predicted octanol–water partition coefficient (Wildman–Crippen LogP) is 0.616. The number of rotatable bonds is 5. The molecule has 2 saturated heterocycles. The first kappa shape index (κ1) is 13.9. The van der Waals surface area contributed by atoms with Crippen molar-refractivity contribution >= 4 is 23.5 Å². The Hall–Kier alpha value is -0.520. The van der Waals surface area contributed by atoms with Crippen LogP contribution in [-0.4, -0.2) is 78.3 Å². The molecule has 0 N–H and O–H groups in total. The Morgan fingerprint density at radius 2 is 1.50 bits per heavy atom. The molecule has 2 heterocycles. The number of amides is 1. The zero-order valence-corrected chi connectivity index (χ0v) is 11.8. The van der Waals surface area contributed by atoms with E-state index in [1.54, 1.807) is 0 Å². The summed E-state index contributed by atoms with van der Waals surface area (Å²) in [5.41, 5.74) is 0. The minimum atomic E-state index is 0.00159. The lowest BCUT2D eigenvalue weighted by molar-refractivity contribution is -0.125. The highest BCUT2D eigenvalue weighted by Gasteiger charge is 2.19. The SMILES string of the molecule is O=C(C=S)N1CCN(CCCN2CCCC2)CC1. The van der Waals surface area contributed by atoms with Gasteiger partial charge in [0.25, 0.3) is 5.91 Å². The van der Waals surface area contributed by atoms with E-state index in [9.17, 15) is 4.79 Å². The second-order valence-corrected chi connectivity index (χ2v) is 5.42. The molecule has 0 aromatic heterocycles. The van der Waals surface area contributed by atoms with Crippen molar-refractivity contribution in [3.8, 4) is 0 Å². The molecule has 5 heteroatoms. The zero-order chi connectivity index (χ0) is 12.8. The maximum absolute atomic E-state index is 11.4. The highest BCUT2D eigenvalue weighted by molar-refractivity contribution is 7.80. The average Bonchev–Trinajstić information content (AvgIpc) is 2.92. The third kappa shape index (κ3) is 4.00. The fourth-order valence-corrected chi connectivity index (χ4v) is 2.94. The van der Waals surface area contributed by atoms with E-state index >= 15 is 0 Å². The number of hydrogen-bond donors (Lipinski definition) is 0. The fraction of sp³-hybridized carbons (Fsp3) is 0.846. The molecule has 4 nitrogen and oxygen atoms in total. The van der Waals surface area contributed by atoms with E-state index in [0.29, 0.717) is 0 Å². The normalized spacial score (nSPS) is 22.3. The van der Waals surface area contributed by atoms with Crippen LogP contribution in [0.3, 0.4) is 0 Å². The monoisotopic (exact) mass is 269 g/mol. The van der Waals surface area contributed by atoms with Crippen LogP contribution in [0.4, 0.5) is 0 Å². The van der Waals surface area contributed by atoms with Crippen LogP contribution in [0.5, 0.6) is 0 Å². The molecule has 0 radical (unpaired) electrons. The number of piperazine rings is 1. The molecule has 2 fully saturated rings. The van der Waals surface area contributed by atoms with E-state index in [2.05, 4.69) is 22.0 Å². The Morgan fingerprint density at radius 1 is 0.944 bits per heavy atom. The summed E-state index contributed by atoms with van der Waals surface area (Å²) in [4.78, 5) is 18.3. The highest BCUT2D eigenvalue weighted by atomic mass is 32.1. The third-order valence-corrected chi connectivity index (χ3v) is 4.13. The Bertz CT molecular complexity index is 284. The van der Waals surface area contributed by atoms with Crippen molar-refractivity contribution in [1.82, 2.24) is 14.7 Å². The molecule has 2 rings (SSSR count). The Balaban J connectivity index is 1.58. The van der Waals surface area contributed by atoms with Crippen LogP contribution >= 0.6 is 12.2 Å². The highest BCUT2D eigenvalue weighted by Crippen LogP contribution is 2.08. The van der Waals surface area contributed by atoms with Gasteiger partial charge in [-0.3, -0.25) is 9.69 Å². The Labute approximate surface area is 115 Å². The van der Waals surface area contributed by atoms with Crippen LogP contribution < -0.4 is 0 Å². The number of thiocarbonyl (C=S) groups is 1. The molecule has 0 atom stereocenters. The minimum absolute atomic E-state index is 0.00159. The average molecular weight is 269 g/mol. The van der Waals surface area contributed by atoms with Gasteiger partial charge in [0.1, 0.15) is 0 Å². The van der Waals surface area contributed by atoms with E-state index in [4.69, 9.17) is 0 Å². The summed E-state index contributed by atoms with van der Waals surface area (Å²) < 4.78 is 0. The summed E-state index contributed by atoms with van der Waals surface area (Å²) in [6, 6.07) is 0.